The van der Waals surface area contributed by atoms with Gasteiger partial charge < -0.3 is 0 Å². The second-order valence-electron chi connectivity index (χ2n) is 1.58. The minimum Gasteiger partial charge on any atom is -0.222 e. The molecule has 0 fully saturated rings. The number of hydrogen-bond acceptors (Lipinski definition) is 5. The number of hydrazine groups is 1. The van der Waals surface area contributed by atoms with Crippen LogP contribution in [0.5, 0.6) is 0 Å². The third kappa shape index (κ3) is 4.04. The van der Waals surface area contributed by atoms with Crippen LogP contribution in [0.3, 0.4) is 0 Å². The fourth-order valence-corrected chi connectivity index (χ4v) is 0.444. The highest BCUT2D eigenvalue weighted by molar-refractivity contribution is 4.33. The summed E-state index contributed by atoms with van der Waals surface area (Å²) in [5, 5.41) is 10.3. The lowest BCUT2D eigenvalue weighted by atomic mass is 10.6. The Morgan fingerprint density at radius 2 is 2.10 bits per heavy atom. The quantitative estimate of drug-likeness (QED) is 0.438. The van der Waals surface area contributed by atoms with Crippen molar-refractivity contribution in [3.05, 3.63) is 10.1 Å². The van der Waals surface area contributed by atoms with E-state index >= 15 is 0 Å². The maximum absolute atomic E-state index is 9.63. The van der Waals surface area contributed by atoms with E-state index in [0.717, 1.165) is 0 Å². The lowest BCUT2D eigenvalue weighted by molar-refractivity contribution is -0.784. The topological polar surface area (TPSA) is 67.6 Å². The molecule has 0 aromatic heterocycles. The van der Waals surface area contributed by atoms with E-state index in [1.807, 2.05) is 13.8 Å². The number of rotatable bonds is 5. The number of nitrogens with one attached hydrogen (secondary N) is 1. The van der Waals surface area contributed by atoms with Gasteiger partial charge in [-0.05, 0) is 0 Å². The molecule has 60 valence electrons. The standard InChI is InChI=1S/C4H11N3O3/c1-3-6(4-2)5-10-7(8)9/h5H,3-4H2,1-2H3. The first-order chi connectivity index (χ1) is 4.70. The smallest absolute Gasteiger partial charge is 0.222 e. The summed E-state index contributed by atoms with van der Waals surface area (Å²) in [4.78, 5) is 13.5. The van der Waals surface area contributed by atoms with Crippen LogP contribution in [0.4, 0.5) is 0 Å². The molecule has 0 saturated carbocycles. The molecule has 0 heterocycles. The van der Waals surface area contributed by atoms with Crippen LogP contribution in [0.2, 0.25) is 0 Å². The Kier molecular flexibility index (Phi) is 4.51. The molecule has 0 aromatic carbocycles. The lowest BCUT2D eigenvalue weighted by Gasteiger charge is -2.15. The highest BCUT2D eigenvalue weighted by atomic mass is 17.0. The minimum absolute atomic E-state index is 0.657. The monoisotopic (exact) mass is 149 g/mol. The van der Waals surface area contributed by atoms with Crippen molar-refractivity contribution in [1.82, 2.24) is 10.6 Å². The lowest BCUT2D eigenvalue weighted by Crippen LogP contribution is -2.38. The molecule has 0 aliphatic rings. The highest BCUT2D eigenvalue weighted by Crippen LogP contribution is 1.79. The Labute approximate surface area is 58.8 Å². The molecule has 0 aliphatic heterocycles. The molecule has 0 rings (SSSR count). The van der Waals surface area contributed by atoms with Crippen molar-refractivity contribution in [2.24, 2.45) is 0 Å². The summed E-state index contributed by atoms with van der Waals surface area (Å²) in [6.45, 7) is 5.04. The van der Waals surface area contributed by atoms with Crippen molar-refractivity contribution >= 4 is 0 Å². The van der Waals surface area contributed by atoms with Crippen molar-refractivity contribution in [2.45, 2.75) is 13.8 Å². The third-order valence-electron chi connectivity index (χ3n) is 1.01. The van der Waals surface area contributed by atoms with Gasteiger partial charge in [0, 0.05) is 13.1 Å². The molecule has 0 spiro atoms. The average molecular weight is 149 g/mol. The molecule has 6 heteroatoms. The van der Waals surface area contributed by atoms with E-state index in [-0.39, 0.29) is 0 Å². The maximum Gasteiger partial charge on any atom is 0.313 e. The predicted octanol–water partition coefficient (Wildman–Crippen LogP) is -0.0439. The van der Waals surface area contributed by atoms with Crippen LogP contribution in [0, 0.1) is 10.1 Å². The van der Waals surface area contributed by atoms with Crippen LogP contribution in [-0.2, 0) is 4.94 Å². The van der Waals surface area contributed by atoms with Gasteiger partial charge in [-0.2, -0.15) is 0 Å². The van der Waals surface area contributed by atoms with Crippen molar-refractivity contribution < 1.29 is 10.0 Å². The van der Waals surface area contributed by atoms with Crippen molar-refractivity contribution in [2.75, 3.05) is 13.1 Å². The summed E-state index contributed by atoms with van der Waals surface area (Å²) in [5.74, 6) is 0. The fraction of sp³-hybridized carbons (Fsp3) is 1.00. The largest absolute Gasteiger partial charge is 0.313 e. The van der Waals surface area contributed by atoms with Crippen LogP contribution in [0.1, 0.15) is 13.8 Å². The molecule has 0 bridgehead atoms. The van der Waals surface area contributed by atoms with Crippen LogP contribution >= 0.6 is 0 Å². The zero-order valence-electron chi connectivity index (χ0n) is 6.03. The van der Waals surface area contributed by atoms with Gasteiger partial charge in [-0.3, -0.25) is 0 Å². The Balaban J connectivity index is 3.34. The van der Waals surface area contributed by atoms with Gasteiger partial charge in [0.1, 0.15) is 0 Å². The molecule has 0 aliphatic carbocycles. The van der Waals surface area contributed by atoms with Crippen molar-refractivity contribution in [3.63, 3.8) is 0 Å². The zero-order valence-corrected chi connectivity index (χ0v) is 6.03. The average Bonchev–Trinajstić information content (AvgIpc) is 1.90. The van der Waals surface area contributed by atoms with Gasteiger partial charge in [-0.25, -0.2) is 9.95 Å². The predicted molar refractivity (Wildman–Crippen MR) is 34.1 cm³/mol. The molecule has 0 radical (unpaired) electrons. The van der Waals surface area contributed by atoms with E-state index < -0.39 is 5.09 Å². The van der Waals surface area contributed by atoms with Gasteiger partial charge in [-0.15, -0.1) is 10.1 Å². The van der Waals surface area contributed by atoms with E-state index in [0.29, 0.717) is 13.1 Å². The summed E-state index contributed by atoms with van der Waals surface area (Å²) in [5.41, 5.74) is 2.15. The van der Waals surface area contributed by atoms with Gasteiger partial charge in [0.15, 0.2) is 0 Å². The first kappa shape index (κ1) is 9.12. The maximum atomic E-state index is 9.63. The third-order valence-corrected chi connectivity index (χ3v) is 1.01. The van der Waals surface area contributed by atoms with Gasteiger partial charge in [0.05, 0.1) is 0 Å². The van der Waals surface area contributed by atoms with E-state index in [1.165, 1.54) is 0 Å². The van der Waals surface area contributed by atoms with Crippen molar-refractivity contribution in [1.29, 1.82) is 0 Å². The van der Waals surface area contributed by atoms with Gasteiger partial charge in [0.25, 0.3) is 0 Å². The van der Waals surface area contributed by atoms with E-state index in [2.05, 4.69) is 10.5 Å². The summed E-state index contributed by atoms with van der Waals surface area (Å²) in [7, 11) is 0. The molecule has 0 aromatic rings. The zero-order chi connectivity index (χ0) is 7.98. The summed E-state index contributed by atoms with van der Waals surface area (Å²) in [6, 6.07) is 0. The summed E-state index contributed by atoms with van der Waals surface area (Å²) >= 11 is 0. The van der Waals surface area contributed by atoms with Crippen molar-refractivity contribution in [3.8, 4) is 0 Å². The fourth-order valence-electron chi connectivity index (χ4n) is 0.444. The van der Waals surface area contributed by atoms with Crippen LogP contribution in [0.25, 0.3) is 0 Å². The minimum atomic E-state index is -0.891. The van der Waals surface area contributed by atoms with Gasteiger partial charge >= 0.3 is 5.09 Å². The van der Waals surface area contributed by atoms with E-state index in [1.54, 1.807) is 5.01 Å². The van der Waals surface area contributed by atoms with Crippen LogP contribution in [0.15, 0.2) is 0 Å². The number of hydrogen-bond donors (Lipinski definition) is 1. The molecule has 0 amide bonds. The molecular weight excluding hydrogens is 138 g/mol. The molecular formula is C4H11N3O3. The SMILES string of the molecule is CCN(CC)NO[N+](=O)[O-]. The number of nitrogens with zero attached hydrogens (tertiary/aromatic N) is 2. The molecule has 6 nitrogen and oxygen atoms in total. The van der Waals surface area contributed by atoms with Crippen LogP contribution < -0.4 is 5.59 Å². The second kappa shape index (κ2) is 4.95. The first-order valence-corrected chi connectivity index (χ1v) is 3.02. The Bertz CT molecular complexity index is 104. The molecule has 0 atom stereocenters. The molecule has 0 unspecified atom stereocenters. The Morgan fingerprint density at radius 3 is 2.40 bits per heavy atom. The Hall–Kier alpha value is -0.880. The molecule has 10 heavy (non-hydrogen) atoms. The summed E-state index contributed by atoms with van der Waals surface area (Å²) in [6.07, 6.45) is 0. The molecule has 0 saturated heterocycles. The highest BCUT2D eigenvalue weighted by Gasteiger charge is 1.98. The second-order valence-corrected chi connectivity index (χ2v) is 1.58. The Morgan fingerprint density at radius 1 is 1.60 bits per heavy atom. The van der Waals surface area contributed by atoms with Crippen LogP contribution in [-0.4, -0.2) is 23.2 Å². The van der Waals surface area contributed by atoms with Gasteiger partial charge in [-0.1, -0.05) is 19.4 Å². The summed E-state index contributed by atoms with van der Waals surface area (Å²) < 4.78 is 0. The first-order valence-electron chi connectivity index (χ1n) is 3.02. The van der Waals surface area contributed by atoms with E-state index in [4.69, 9.17) is 0 Å². The normalized spacial score (nSPS) is 9.90. The molecule has 1 N–H and O–H groups in total. The van der Waals surface area contributed by atoms with E-state index in [9.17, 15) is 10.1 Å². The van der Waals surface area contributed by atoms with Gasteiger partial charge in [0.2, 0.25) is 0 Å².